The number of nitrogens with two attached hydrogens (primary N) is 1. The van der Waals surface area contributed by atoms with Crippen LogP contribution >= 0.6 is 0 Å². The average molecular weight is 294 g/mol. The summed E-state index contributed by atoms with van der Waals surface area (Å²) in [5.74, 6) is 0.0754. The molecule has 1 aliphatic rings. The van der Waals surface area contributed by atoms with Crippen molar-refractivity contribution in [2.24, 2.45) is 5.73 Å². The second kappa shape index (κ2) is 6.32. The Bertz CT molecular complexity index is 579. The first kappa shape index (κ1) is 14.8. The largest absolute Gasteiger partial charge is 0.332 e. The van der Waals surface area contributed by atoms with Gasteiger partial charge in [-0.25, -0.2) is 0 Å². The standard InChI is InChI=1S/C19H22N2O/c20-19(12-7-13-19)18(22)21(14-16-8-3-1-4-9-16)15-17-10-5-2-6-11-17/h1-6,8-11H,7,12-15,20H2. The van der Waals surface area contributed by atoms with Crippen molar-refractivity contribution >= 4 is 5.91 Å². The fourth-order valence-electron chi connectivity index (χ4n) is 2.89. The van der Waals surface area contributed by atoms with Crippen molar-refractivity contribution in [3.63, 3.8) is 0 Å². The summed E-state index contributed by atoms with van der Waals surface area (Å²) >= 11 is 0. The SMILES string of the molecule is NC1(C(=O)N(Cc2ccccc2)Cc2ccccc2)CCC1. The third-order valence-corrected chi connectivity index (χ3v) is 4.39. The van der Waals surface area contributed by atoms with E-state index in [1.54, 1.807) is 0 Å². The van der Waals surface area contributed by atoms with Crippen LogP contribution in [0.2, 0.25) is 0 Å². The Kier molecular flexibility index (Phi) is 4.25. The number of hydrogen-bond acceptors (Lipinski definition) is 2. The predicted octanol–water partition coefficient (Wildman–Crippen LogP) is 3.10. The minimum absolute atomic E-state index is 0.0754. The van der Waals surface area contributed by atoms with E-state index < -0.39 is 5.54 Å². The van der Waals surface area contributed by atoms with Crippen molar-refractivity contribution in [1.82, 2.24) is 4.90 Å². The molecule has 1 aliphatic carbocycles. The van der Waals surface area contributed by atoms with Crippen molar-refractivity contribution in [3.8, 4) is 0 Å². The summed E-state index contributed by atoms with van der Waals surface area (Å²) in [5.41, 5.74) is 7.88. The number of nitrogens with zero attached hydrogens (tertiary/aromatic N) is 1. The second-order valence-electron chi connectivity index (χ2n) is 6.14. The maximum absolute atomic E-state index is 12.9. The van der Waals surface area contributed by atoms with Crippen molar-refractivity contribution in [1.29, 1.82) is 0 Å². The molecule has 2 aromatic rings. The van der Waals surface area contributed by atoms with Gasteiger partial charge in [0.05, 0.1) is 5.54 Å². The summed E-state index contributed by atoms with van der Waals surface area (Å²) in [7, 11) is 0. The summed E-state index contributed by atoms with van der Waals surface area (Å²) in [6, 6.07) is 20.2. The quantitative estimate of drug-likeness (QED) is 0.921. The minimum atomic E-state index is -0.649. The number of benzene rings is 2. The maximum atomic E-state index is 12.9. The molecular weight excluding hydrogens is 272 g/mol. The molecule has 0 saturated heterocycles. The number of hydrogen-bond donors (Lipinski definition) is 1. The molecule has 0 aromatic heterocycles. The molecule has 1 saturated carbocycles. The highest BCUT2D eigenvalue weighted by Gasteiger charge is 2.42. The van der Waals surface area contributed by atoms with Gasteiger partial charge in [-0.3, -0.25) is 4.79 Å². The topological polar surface area (TPSA) is 46.3 Å². The van der Waals surface area contributed by atoms with Gasteiger partial charge in [0.25, 0.3) is 0 Å². The van der Waals surface area contributed by atoms with Crippen molar-refractivity contribution in [2.45, 2.75) is 37.9 Å². The molecule has 114 valence electrons. The highest BCUT2D eigenvalue weighted by atomic mass is 16.2. The van der Waals surface area contributed by atoms with Crippen molar-refractivity contribution in [2.75, 3.05) is 0 Å². The van der Waals surface area contributed by atoms with Gasteiger partial charge < -0.3 is 10.6 Å². The van der Waals surface area contributed by atoms with Gasteiger partial charge in [0.15, 0.2) is 0 Å². The predicted molar refractivity (Wildman–Crippen MR) is 87.9 cm³/mol. The minimum Gasteiger partial charge on any atom is -0.332 e. The van der Waals surface area contributed by atoms with E-state index in [0.717, 1.165) is 30.4 Å². The number of carbonyl (C=O) groups excluding carboxylic acids is 1. The lowest BCUT2D eigenvalue weighted by Gasteiger charge is -2.40. The van der Waals surface area contributed by atoms with E-state index in [4.69, 9.17) is 5.73 Å². The van der Waals surface area contributed by atoms with E-state index in [-0.39, 0.29) is 5.91 Å². The summed E-state index contributed by atoms with van der Waals surface area (Å²) in [4.78, 5) is 14.7. The van der Waals surface area contributed by atoms with Crippen LogP contribution in [0.4, 0.5) is 0 Å². The lowest BCUT2D eigenvalue weighted by Crippen LogP contribution is -2.59. The molecule has 0 unspecified atom stereocenters. The second-order valence-corrected chi connectivity index (χ2v) is 6.14. The number of rotatable bonds is 5. The maximum Gasteiger partial charge on any atom is 0.243 e. The van der Waals surface area contributed by atoms with Crippen LogP contribution < -0.4 is 5.73 Å². The molecule has 0 bridgehead atoms. The van der Waals surface area contributed by atoms with E-state index >= 15 is 0 Å². The first-order chi connectivity index (χ1) is 10.7. The Hall–Kier alpha value is -2.13. The van der Waals surface area contributed by atoms with Crippen LogP contribution in [0.15, 0.2) is 60.7 Å². The van der Waals surface area contributed by atoms with E-state index in [9.17, 15) is 4.79 Å². The smallest absolute Gasteiger partial charge is 0.243 e. The molecule has 3 rings (SSSR count). The first-order valence-corrected chi connectivity index (χ1v) is 7.83. The molecule has 1 amide bonds. The highest BCUT2D eigenvalue weighted by Crippen LogP contribution is 2.32. The van der Waals surface area contributed by atoms with Gasteiger partial charge in [-0.2, -0.15) is 0 Å². The Morgan fingerprint density at radius 3 is 1.73 bits per heavy atom. The lowest BCUT2D eigenvalue weighted by atomic mass is 9.76. The molecule has 0 radical (unpaired) electrons. The van der Waals surface area contributed by atoms with Gasteiger partial charge in [-0.15, -0.1) is 0 Å². The zero-order valence-electron chi connectivity index (χ0n) is 12.7. The zero-order valence-corrected chi connectivity index (χ0v) is 12.7. The van der Waals surface area contributed by atoms with Crippen LogP contribution in [0.25, 0.3) is 0 Å². The molecule has 1 fully saturated rings. The van der Waals surface area contributed by atoms with E-state index in [1.807, 2.05) is 41.3 Å². The Morgan fingerprint density at radius 1 is 0.909 bits per heavy atom. The van der Waals surface area contributed by atoms with Gasteiger partial charge >= 0.3 is 0 Å². The summed E-state index contributed by atoms with van der Waals surface area (Å²) in [5, 5.41) is 0. The first-order valence-electron chi connectivity index (χ1n) is 7.83. The molecule has 0 spiro atoms. The van der Waals surface area contributed by atoms with Gasteiger partial charge in [-0.1, -0.05) is 60.7 Å². The number of amides is 1. The molecule has 0 heterocycles. The van der Waals surface area contributed by atoms with Crippen molar-refractivity contribution in [3.05, 3.63) is 71.8 Å². The fraction of sp³-hybridized carbons (Fsp3) is 0.316. The lowest BCUT2D eigenvalue weighted by molar-refractivity contribution is -0.141. The Balaban J connectivity index is 1.80. The molecule has 3 nitrogen and oxygen atoms in total. The van der Waals surface area contributed by atoms with E-state index in [2.05, 4.69) is 24.3 Å². The van der Waals surface area contributed by atoms with Crippen LogP contribution in [0.5, 0.6) is 0 Å². The third kappa shape index (κ3) is 3.20. The van der Waals surface area contributed by atoms with Crippen LogP contribution in [-0.4, -0.2) is 16.3 Å². The van der Waals surface area contributed by atoms with Crippen LogP contribution in [0, 0.1) is 0 Å². The van der Waals surface area contributed by atoms with Gasteiger partial charge in [0.1, 0.15) is 0 Å². The van der Waals surface area contributed by atoms with E-state index in [0.29, 0.717) is 13.1 Å². The van der Waals surface area contributed by atoms with E-state index in [1.165, 1.54) is 0 Å². The van der Waals surface area contributed by atoms with Gasteiger partial charge in [0.2, 0.25) is 5.91 Å². The number of carbonyl (C=O) groups is 1. The highest BCUT2D eigenvalue weighted by molar-refractivity contribution is 5.87. The summed E-state index contributed by atoms with van der Waals surface area (Å²) < 4.78 is 0. The zero-order chi connectivity index (χ0) is 15.4. The van der Waals surface area contributed by atoms with Gasteiger partial charge in [0, 0.05) is 13.1 Å². The molecule has 0 atom stereocenters. The van der Waals surface area contributed by atoms with Crippen LogP contribution in [0.1, 0.15) is 30.4 Å². The summed E-state index contributed by atoms with van der Waals surface area (Å²) in [6.07, 6.45) is 2.64. The summed E-state index contributed by atoms with van der Waals surface area (Å²) in [6.45, 7) is 1.21. The molecule has 2 aromatic carbocycles. The molecular formula is C19H22N2O. The Labute approximate surface area is 131 Å². The molecule has 3 heteroatoms. The fourth-order valence-corrected chi connectivity index (χ4v) is 2.89. The average Bonchev–Trinajstić information content (AvgIpc) is 2.53. The van der Waals surface area contributed by atoms with Crippen molar-refractivity contribution < 1.29 is 4.79 Å². The Morgan fingerprint density at radius 2 is 1.36 bits per heavy atom. The van der Waals surface area contributed by atoms with Gasteiger partial charge in [-0.05, 0) is 30.4 Å². The van der Waals surface area contributed by atoms with Crippen LogP contribution in [-0.2, 0) is 17.9 Å². The van der Waals surface area contributed by atoms with Crippen LogP contribution in [0.3, 0.4) is 0 Å². The molecule has 2 N–H and O–H groups in total. The molecule has 22 heavy (non-hydrogen) atoms. The normalized spacial score (nSPS) is 15.9. The molecule has 0 aliphatic heterocycles. The monoisotopic (exact) mass is 294 g/mol. The third-order valence-electron chi connectivity index (χ3n) is 4.39.